The van der Waals surface area contributed by atoms with E-state index in [1.807, 2.05) is 21.8 Å². The van der Waals surface area contributed by atoms with Gasteiger partial charge in [-0.05, 0) is 50.8 Å². The van der Waals surface area contributed by atoms with Crippen molar-refractivity contribution in [3.05, 3.63) is 53.3 Å². The number of nitrogens with zero attached hydrogens (tertiary/aromatic N) is 3. The molecular weight excluding hydrogens is 348 g/mol. The first-order chi connectivity index (χ1) is 12.2. The van der Waals surface area contributed by atoms with Crippen LogP contribution in [0.5, 0.6) is 0 Å². The van der Waals surface area contributed by atoms with Crippen LogP contribution in [0.15, 0.2) is 36.5 Å². The van der Waals surface area contributed by atoms with Gasteiger partial charge in [0.25, 0.3) is 5.91 Å². The summed E-state index contributed by atoms with van der Waals surface area (Å²) in [6.07, 6.45) is 6.33. The van der Waals surface area contributed by atoms with E-state index in [-0.39, 0.29) is 24.4 Å². The number of carbonyl (C=O) groups excluding carboxylic acids is 1. The van der Waals surface area contributed by atoms with Crippen LogP contribution in [0.2, 0.25) is 0 Å². The van der Waals surface area contributed by atoms with Crippen LogP contribution in [0.25, 0.3) is 0 Å². The second-order valence-corrected chi connectivity index (χ2v) is 7.25. The molecule has 2 fully saturated rings. The Balaban J connectivity index is 0.00000196. The zero-order valence-corrected chi connectivity index (χ0v) is 16.0. The molecular formula is C20H27ClN4O. The number of carbonyl (C=O) groups is 1. The Morgan fingerprint density at radius 1 is 1.23 bits per heavy atom. The van der Waals surface area contributed by atoms with Gasteiger partial charge in [-0.15, -0.1) is 12.4 Å². The topological polar surface area (TPSA) is 50.2 Å². The first-order valence-electron chi connectivity index (χ1n) is 9.36. The number of rotatable bonds is 3. The number of halogens is 1. The minimum atomic E-state index is 0. The SMILES string of the molecule is Cc1cccc(C2CCCN2C(=O)c2ccn(C3CCCNC3)n2)c1.Cl. The maximum absolute atomic E-state index is 13.0. The zero-order chi connectivity index (χ0) is 17.2. The highest BCUT2D eigenvalue weighted by atomic mass is 35.5. The normalized spacial score (nSPS) is 22.9. The molecule has 1 aromatic heterocycles. The molecule has 2 aromatic rings. The number of aromatic nitrogens is 2. The molecule has 0 saturated carbocycles. The van der Waals surface area contributed by atoms with E-state index in [2.05, 4.69) is 41.6 Å². The fourth-order valence-corrected chi connectivity index (χ4v) is 4.10. The first kappa shape index (κ1) is 18.9. The molecule has 140 valence electrons. The van der Waals surface area contributed by atoms with E-state index in [4.69, 9.17) is 0 Å². The van der Waals surface area contributed by atoms with Gasteiger partial charge >= 0.3 is 0 Å². The predicted octanol–water partition coefficient (Wildman–Crippen LogP) is 3.52. The van der Waals surface area contributed by atoms with Crippen molar-refractivity contribution in [3.63, 3.8) is 0 Å². The van der Waals surface area contributed by atoms with Crippen LogP contribution in [0, 0.1) is 6.92 Å². The molecule has 1 N–H and O–H groups in total. The van der Waals surface area contributed by atoms with Crippen molar-refractivity contribution in [2.45, 2.75) is 44.7 Å². The quantitative estimate of drug-likeness (QED) is 0.894. The number of likely N-dealkylation sites (tertiary alicyclic amines) is 1. The van der Waals surface area contributed by atoms with Crippen molar-refractivity contribution in [1.29, 1.82) is 0 Å². The van der Waals surface area contributed by atoms with Crippen molar-refractivity contribution in [2.75, 3.05) is 19.6 Å². The van der Waals surface area contributed by atoms with Gasteiger partial charge in [0.1, 0.15) is 5.69 Å². The van der Waals surface area contributed by atoms with E-state index in [0.29, 0.717) is 11.7 Å². The van der Waals surface area contributed by atoms with Crippen LogP contribution in [-0.2, 0) is 0 Å². The minimum absolute atomic E-state index is 0. The van der Waals surface area contributed by atoms with Gasteiger partial charge in [0.15, 0.2) is 0 Å². The summed E-state index contributed by atoms with van der Waals surface area (Å²) in [5.74, 6) is 0.0616. The number of hydrogen-bond donors (Lipinski definition) is 1. The Bertz CT molecular complexity index is 754. The van der Waals surface area contributed by atoms with E-state index < -0.39 is 0 Å². The van der Waals surface area contributed by atoms with Crippen LogP contribution in [0.4, 0.5) is 0 Å². The summed E-state index contributed by atoms with van der Waals surface area (Å²) in [4.78, 5) is 15.0. The molecule has 26 heavy (non-hydrogen) atoms. The summed E-state index contributed by atoms with van der Waals surface area (Å²) in [7, 11) is 0. The van der Waals surface area contributed by atoms with Crippen molar-refractivity contribution in [3.8, 4) is 0 Å². The monoisotopic (exact) mass is 374 g/mol. The molecule has 2 unspecified atom stereocenters. The van der Waals surface area contributed by atoms with Gasteiger partial charge in [-0.1, -0.05) is 29.8 Å². The van der Waals surface area contributed by atoms with Crippen molar-refractivity contribution in [2.24, 2.45) is 0 Å². The predicted molar refractivity (Wildman–Crippen MR) is 105 cm³/mol. The van der Waals surface area contributed by atoms with Gasteiger partial charge in [-0.3, -0.25) is 9.48 Å². The first-order valence-corrected chi connectivity index (χ1v) is 9.36. The van der Waals surface area contributed by atoms with Gasteiger partial charge in [-0.25, -0.2) is 0 Å². The number of amides is 1. The summed E-state index contributed by atoms with van der Waals surface area (Å²) in [6.45, 7) is 4.93. The lowest BCUT2D eigenvalue weighted by molar-refractivity contribution is 0.0728. The Hall–Kier alpha value is -1.85. The molecule has 2 saturated heterocycles. The highest BCUT2D eigenvalue weighted by Crippen LogP contribution is 2.33. The minimum Gasteiger partial charge on any atom is -0.330 e. The lowest BCUT2D eigenvalue weighted by atomic mass is 10.0. The lowest BCUT2D eigenvalue weighted by Crippen LogP contribution is -2.33. The number of piperidine rings is 1. The zero-order valence-electron chi connectivity index (χ0n) is 15.2. The average molecular weight is 375 g/mol. The van der Waals surface area contributed by atoms with E-state index in [9.17, 15) is 4.79 Å². The van der Waals surface area contributed by atoms with Crippen LogP contribution >= 0.6 is 12.4 Å². The summed E-state index contributed by atoms with van der Waals surface area (Å²) < 4.78 is 1.97. The molecule has 5 nitrogen and oxygen atoms in total. The summed E-state index contributed by atoms with van der Waals surface area (Å²) in [6, 6.07) is 10.9. The molecule has 1 amide bonds. The van der Waals surface area contributed by atoms with Gasteiger partial charge in [0.05, 0.1) is 12.1 Å². The third kappa shape index (κ3) is 3.79. The van der Waals surface area contributed by atoms with Gasteiger partial charge < -0.3 is 10.2 Å². The molecule has 6 heteroatoms. The van der Waals surface area contributed by atoms with Crippen molar-refractivity contribution in [1.82, 2.24) is 20.0 Å². The summed E-state index contributed by atoms with van der Waals surface area (Å²) in [5, 5.41) is 8.01. The molecule has 0 aliphatic carbocycles. The van der Waals surface area contributed by atoms with Crippen LogP contribution < -0.4 is 5.32 Å². The number of hydrogen-bond acceptors (Lipinski definition) is 3. The fraction of sp³-hybridized carbons (Fsp3) is 0.500. The number of aryl methyl sites for hydroxylation is 1. The van der Waals surface area contributed by atoms with Crippen LogP contribution in [-0.4, -0.2) is 40.2 Å². The Morgan fingerprint density at radius 3 is 2.88 bits per heavy atom. The van der Waals surface area contributed by atoms with Crippen LogP contribution in [0.3, 0.4) is 0 Å². The van der Waals surface area contributed by atoms with Crippen LogP contribution in [0.1, 0.15) is 59.4 Å². The van der Waals surface area contributed by atoms with E-state index in [1.165, 1.54) is 11.1 Å². The molecule has 0 bridgehead atoms. The smallest absolute Gasteiger partial charge is 0.274 e. The maximum atomic E-state index is 13.0. The maximum Gasteiger partial charge on any atom is 0.274 e. The molecule has 3 heterocycles. The molecule has 0 radical (unpaired) electrons. The number of nitrogens with one attached hydrogen (secondary N) is 1. The highest BCUT2D eigenvalue weighted by molar-refractivity contribution is 5.92. The lowest BCUT2D eigenvalue weighted by Gasteiger charge is -2.25. The number of benzene rings is 1. The van der Waals surface area contributed by atoms with Gasteiger partial charge in [-0.2, -0.15) is 5.10 Å². The Labute approximate surface area is 161 Å². The average Bonchev–Trinajstić information content (AvgIpc) is 3.32. The molecule has 2 aliphatic rings. The third-order valence-electron chi connectivity index (χ3n) is 5.41. The fourth-order valence-electron chi connectivity index (χ4n) is 4.10. The Morgan fingerprint density at radius 2 is 2.12 bits per heavy atom. The van der Waals surface area contributed by atoms with Crippen molar-refractivity contribution < 1.29 is 4.79 Å². The molecule has 1 aromatic carbocycles. The van der Waals surface area contributed by atoms with E-state index in [0.717, 1.165) is 45.3 Å². The standard InChI is InChI=1S/C20H26N4O.ClH/c1-15-5-2-6-16(13-15)19-8-4-11-23(19)20(25)18-9-12-24(22-18)17-7-3-10-21-14-17;/h2,5-6,9,12-13,17,19,21H,3-4,7-8,10-11,14H2,1H3;1H. The highest BCUT2D eigenvalue weighted by Gasteiger charge is 2.32. The largest absolute Gasteiger partial charge is 0.330 e. The van der Waals surface area contributed by atoms with E-state index in [1.54, 1.807) is 0 Å². The second kappa shape index (κ2) is 8.23. The molecule has 2 atom stereocenters. The molecule has 2 aliphatic heterocycles. The van der Waals surface area contributed by atoms with Crippen molar-refractivity contribution >= 4 is 18.3 Å². The van der Waals surface area contributed by atoms with Gasteiger partial charge in [0.2, 0.25) is 0 Å². The summed E-state index contributed by atoms with van der Waals surface area (Å²) >= 11 is 0. The Kier molecular flexibility index (Phi) is 5.99. The molecule has 0 spiro atoms. The summed E-state index contributed by atoms with van der Waals surface area (Å²) in [5.41, 5.74) is 3.05. The second-order valence-electron chi connectivity index (χ2n) is 7.25. The van der Waals surface area contributed by atoms with E-state index >= 15 is 0 Å². The molecule has 4 rings (SSSR count). The van der Waals surface area contributed by atoms with Gasteiger partial charge in [0, 0.05) is 19.3 Å². The third-order valence-corrected chi connectivity index (χ3v) is 5.41.